The third kappa shape index (κ3) is 4.93. The number of hydrogen-bond donors (Lipinski definition) is 0. The normalized spacial score (nSPS) is 13.7. The highest BCUT2D eigenvalue weighted by atomic mass is 32.1. The number of para-hydroxylation sites is 2. The molecule has 60 heavy (non-hydrogen) atoms. The Bertz CT molecular complexity index is 3470. The van der Waals surface area contributed by atoms with E-state index in [1.807, 2.05) is 11.3 Å². The zero-order valence-corrected chi connectivity index (χ0v) is 33.7. The highest BCUT2D eigenvalue weighted by molar-refractivity contribution is 7.25. The summed E-state index contributed by atoms with van der Waals surface area (Å²) in [7, 11) is 0. The zero-order valence-electron chi connectivity index (χ0n) is 32.8. The minimum Gasteiger partial charge on any atom is -0.310 e. The molecule has 2 nitrogen and oxygen atoms in total. The summed E-state index contributed by atoms with van der Waals surface area (Å²) in [4.78, 5) is 2.48. The fourth-order valence-corrected chi connectivity index (χ4v) is 11.8. The van der Waals surface area contributed by atoms with E-state index in [0.29, 0.717) is 0 Å². The summed E-state index contributed by atoms with van der Waals surface area (Å²) >= 11 is 1.88. The van der Waals surface area contributed by atoms with E-state index in [1.54, 1.807) is 0 Å². The van der Waals surface area contributed by atoms with Gasteiger partial charge in [0.15, 0.2) is 0 Å². The number of thiophene rings is 1. The van der Waals surface area contributed by atoms with Crippen LogP contribution in [-0.4, -0.2) is 4.57 Å². The molecule has 13 rings (SSSR count). The van der Waals surface area contributed by atoms with Gasteiger partial charge in [0.1, 0.15) is 0 Å². The van der Waals surface area contributed by atoms with Crippen molar-refractivity contribution >= 4 is 70.4 Å². The van der Waals surface area contributed by atoms with E-state index in [1.165, 1.54) is 97.9 Å². The first-order chi connectivity index (χ1) is 29.7. The standard InChI is InChI=1S/C57H38N2S/c1-2-14-41(15-3-1)59-53-20-10-7-17-47(53)48-29-24-38(32-54(48)59)37-22-25-42(26-23-37)58(44-28-31-50-49-18-8-11-21-55(49)60-56(50)34-44)43-27-30-46-45-16-6-9-19-51(45)57(52(46)33-43)35-39-12-4-5-13-40(39)36-57/h1-34H,35-36H2. The zero-order chi connectivity index (χ0) is 39.4. The summed E-state index contributed by atoms with van der Waals surface area (Å²) in [6.07, 6.45) is 2.04. The number of hydrogen-bond acceptors (Lipinski definition) is 2. The lowest BCUT2D eigenvalue weighted by Gasteiger charge is -2.30. The number of rotatable bonds is 5. The lowest BCUT2D eigenvalue weighted by molar-refractivity contribution is 0.563. The van der Waals surface area contributed by atoms with Crippen LogP contribution in [0.5, 0.6) is 0 Å². The lowest BCUT2D eigenvalue weighted by atomic mass is 9.75. The van der Waals surface area contributed by atoms with Gasteiger partial charge in [-0.1, -0.05) is 140 Å². The van der Waals surface area contributed by atoms with Crippen molar-refractivity contribution in [2.45, 2.75) is 18.3 Å². The first-order valence-electron chi connectivity index (χ1n) is 20.9. The van der Waals surface area contributed by atoms with E-state index in [-0.39, 0.29) is 5.41 Å². The van der Waals surface area contributed by atoms with E-state index in [4.69, 9.17) is 0 Å². The highest BCUT2D eigenvalue weighted by Crippen LogP contribution is 2.56. The van der Waals surface area contributed by atoms with Gasteiger partial charge in [-0.2, -0.15) is 0 Å². The molecule has 2 aliphatic carbocycles. The number of fused-ring (bicyclic) bond motifs is 12. The molecule has 2 aliphatic rings. The minimum atomic E-state index is -0.0859. The van der Waals surface area contributed by atoms with Crippen LogP contribution in [0.25, 0.3) is 69.9 Å². The molecule has 1 spiro atoms. The average Bonchev–Trinajstić information content (AvgIpc) is 4.05. The Balaban J connectivity index is 0.964. The molecule has 0 amide bonds. The summed E-state index contributed by atoms with van der Waals surface area (Å²) in [5, 5.41) is 5.16. The Morgan fingerprint density at radius 1 is 0.400 bits per heavy atom. The average molecular weight is 783 g/mol. The fraction of sp³-hybridized carbons (Fsp3) is 0.0526. The second-order valence-corrected chi connectivity index (χ2v) is 17.6. The first kappa shape index (κ1) is 33.7. The summed E-state index contributed by atoms with van der Waals surface area (Å²) in [6.45, 7) is 0. The van der Waals surface area contributed by atoms with Crippen LogP contribution in [0.2, 0.25) is 0 Å². The number of aromatic nitrogens is 1. The van der Waals surface area contributed by atoms with E-state index >= 15 is 0 Å². The summed E-state index contributed by atoms with van der Waals surface area (Å²) in [6, 6.07) is 76.9. The molecule has 2 heterocycles. The largest absolute Gasteiger partial charge is 0.310 e. The molecule has 9 aromatic carbocycles. The molecule has 0 aliphatic heterocycles. The third-order valence-electron chi connectivity index (χ3n) is 13.4. The lowest BCUT2D eigenvalue weighted by Crippen LogP contribution is -2.26. The first-order valence-corrected chi connectivity index (χ1v) is 21.7. The van der Waals surface area contributed by atoms with Gasteiger partial charge in [0.05, 0.1) is 11.0 Å². The van der Waals surface area contributed by atoms with Crippen molar-refractivity contribution in [1.29, 1.82) is 0 Å². The van der Waals surface area contributed by atoms with Crippen molar-refractivity contribution < 1.29 is 0 Å². The molecular formula is C57H38N2S. The maximum Gasteiger partial charge on any atom is 0.0547 e. The maximum atomic E-state index is 2.51. The Morgan fingerprint density at radius 3 is 1.85 bits per heavy atom. The van der Waals surface area contributed by atoms with Crippen molar-refractivity contribution in [1.82, 2.24) is 4.57 Å². The summed E-state index contributed by atoms with van der Waals surface area (Å²) in [5.74, 6) is 0. The molecule has 0 atom stereocenters. The Hall–Kier alpha value is -7.20. The van der Waals surface area contributed by atoms with Crippen molar-refractivity contribution in [3.63, 3.8) is 0 Å². The molecule has 0 bridgehead atoms. The van der Waals surface area contributed by atoms with Gasteiger partial charge in [0.25, 0.3) is 0 Å². The molecule has 0 radical (unpaired) electrons. The molecule has 3 heteroatoms. The highest BCUT2D eigenvalue weighted by Gasteiger charge is 2.47. The van der Waals surface area contributed by atoms with Gasteiger partial charge in [-0.05, 0) is 124 Å². The number of anilines is 3. The molecule has 11 aromatic rings. The predicted octanol–water partition coefficient (Wildman–Crippen LogP) is 15.4. The number of benzene rings is 9. The monoisotopic (exact) mass is 782 g/mol. The molecule has 0 saturated heterocycles. The van der Waals surface area contributed by atoms with Crippen molar-refractivity contribution in [3.05, 3.63) is 229 Å². The van der Waals surface area contributed by atoms with Crippen molar-refractivity contribution in [2.75, 3.05) is 4.90 Å². The van der Waals surface area contributed by atoms with E-state index in [2.05, 4.69) is 216 Å². The van der Waals surface area contributed by atoms with Gasteiger partial charge >= 0.3 is 0 Å². The Kier molecular flexibility index (Phi) is 7.25. The SMILES string of the molecule is c1ccc(-n2c3ccccc3c3ccc(-c4ccc(N(c5ccc6c(c5)C5(Cc7ccccc7C5)c5ccccc5-6)c5ccc6c(c5)sc5ccccc56)cc4)cc32)cc1. The van der Waals surface area contributed by atoms with Crippen LogP contribution in [0.1, 0.15) is 22.3 Å². The number of nitrogens with zero attached hydrogens (tertiary/aromatic N) is 2. The van der Waals surface area contributed by atoms with Crippen LogP contribution in [0.4, 0.5) is 17.1 Å². The van der Waals surface area contributed by atoms with Crippen molar-refractivity contribution in [3.8, 4) is 27.9 Å². The van der Waals surface area contributed by atoms with Crippen LogP contribution in [0.15, 0.2) is 206 Å². The smallest absolute Gasteiger partial charge is 0.0547 e. The van der Waals surface area contributed by atoms with Crippen LogP contribution in [0, 0.1) is 0 Å². The Morgan fingerprint density at radius 2 is 1.00 bits per heavy atom. The van der Waals surface area contributed by atoms with Crippen LogP contribution >= 0.6 is 11.3 Å². The van der Waals surface area contributed by atoms with Gasteiger partial charge in [-0.25, -0.2) is 0 Å². The summed E-state index contributed by atoms with van der Waals surface area (Å²) in [5.41, 5.74) is 17.9. The summed E-state index contributed by atoms with van der Waals surface area (Å²) < 4.78 is 5.02. The molecule has 0 saturated carbocycles. The predicted molar refractivity (Wildman–Crippen MR) is 254 cm³/mol. The molecule has 0 unspecified atom stereocenters. The second kappa shape index (κ2) is 12.9. The third-order valence-corrected chi connectivity index (χ3v) is 14.5. The molecular weight excluding hydrogens is 745 g/mol. The quantitative estimate of drug-likeness (QED) is 0.169. The van der Waals surface area contributed by atoms with E-state index in [0.717, 1.165) is 24.2 Å². The Labute approximate surface area is 352 Å². The fourth-order valence-electron chi connectivity index (χ4n) is 10.7. The van der Waals surface area contributed by atoms with Gasteiger partial charge in [0.2, 0.25) is 0 Å². The van der Waals surface area contributed by atoms with Crippen LogP contribution < -0.4 is 4.90 Å². The second-order valence-electron chi connectivity index (χ2n) is 16.6. The maximum absolute atomic E-state index is 2.51. The molecule has 282 valence electrons. The van der Waals surface area contributed by atoms with Gasteiger partial charge < -0.3 is 9.47 Å². The molecule has 0 N–H and O–H groups in total. The van der Waals surface area contributed by atoms with Crippen LogP contribution in [-0.2, 0) is 18.3 Å². The van der Waals surface area contributed by atoms with Gasteiger partial charge in [0, 0.05) is 59.1 Å². The topological polar surface area (TPSA) is 8.17 Å². The minimum absolute atomic E-state index is 0.0859. The molecule has 2 aromatic heterocycles. The van der Waals surface area contributed by atoms with Crippen LogP contribution in [0.3, 0.4) is 0 Å². The van der Waals surface area contributed by atoms with Gasteiger partial charge in [-0.15, -0.1) is 11.3 Å². The molecule has 0 fully saturated rings. The van der Waals surface area contributed by atoms with E-state index < -0.39 is 0 Å². The van der Waals surface area contributed by atoms with Gasteiger partial charge in [-0.3, -0.25) is 0 Å². The van der Waals surface area contributed by atoms with Crippen molar-refractivity contribution in [2.24, 2.45) is 0 Å². The van der Waals surface area contributed by atoms with E-state index in [9.17, 15) is 0 Å².